The molecular formula is C22H21N3O6S. The molecule has 0 atom stereocenters. The van der Waals surface area contributed by atoms with E-state index in [-0.39, 0.29) is 16.4 Å². The second-order valence-electron chi connectivity index (χ2n) is 6.90. The van der Waals surface area contributed by atoms with E-state index in [2.05, 4.69) is 10.6 Å². The molecule has 0 radical (unpaired) electrons. The number of carbonyl (C=O) groups excluding carboxylic acids is 3. The van der Waals surface area contributed by atoms with Gasteiger partial charge in [0.05, 0.1) is 17.7 Å². The standard InChI is InChI=1S/C22H21N3O6S/c1-15(26)16-8-10-19(11-9-16)32(29,30)25(2)14-21(27)23-17-5-3-6-18(13-17)24-22(28)20-7-4-12-31-20/h3-13H,14H2,1-2H3,(H,23,27)(H,24,28). The molecule has 2 amide bonds. The van der Waals surface area contributed by atoms with Gasteiger partial charge in [0.2, 0.25) is 15.9 Å². The number of rotatable bonds is 8. The summed E-state index contributed by atoms with van der Waals surface area (Å²) in [6.45, 7) is 0.956. The van der Waals surface area contributed by atoms with Crippen LogP contribution in [-0.2, 0) is 14.8 Å². The Bertz CT molecular complexity index is 1230. The molecule has 10 heteroatoms. The lowest BCUT2D eigenvalue weighted by molar-refractivity contribution is -0.116. The van der Waals surface area contributed by atoms with Gasteiger partial charge in [0.15, 0.2) is 11.5 Å². The lowest BCUT2D eigenvalue weighted by atomic mass is 10.2. The van der Waals surface area contributed by atoms with Crippen LogP contribution in [0, 0.1) is 0 Å². The van der Waals surface area contributed by atoms with Gasteiger partial charge in [-0.15, -0.1) is 0 Å². The molecule has 0 aliphatic heterocycles. The van der Waals surface area contributed by atoms with Crippen LogP contribution in [0.3, 0.4) is 0 Å². The summed E-state index contributed by atoms with van der Waals surface area (Å²) < 4.78 is 31.3. The molecular weight excluding hydrogens is 434 g/mol. The van der Waals surface area contributed by atoms with Gasteiger partial charge in [-0.2, -0.15) is 4.31 Å². The summed E-state index contributed by atoms with van der Waals surface area (Å²) in [7, 11) is -2.64. The lowest BCUT2D eigenvalue weighted by Crippen LogP contribution is -2.35. The largest absolute Gasteiger partial charge is 0.459 e. The van der Waals surface area contributed by atoms with Crippen molar-refractivity contribution < 1.29 is 27.2 Å². The highest BCUT2D eigenvalue weighted by atomic mass is 32.2. The average molecular weight is 455 g/mol. The molecule has 0 saturated carbocycles. The quantitative estimate of drug-likeness (QED) is 0.503. The normalized spacial score (nSPS) is 11.2. The molecule has 9 nitrogen and oxygen atoms in total. The highest BCUT2D eigenvalue weighted by Crippen LogP contribution is 2.18. The van der Waals surface area contributed by atoms with Crippen LogP contribution in [0.5, 0.6) is 0 Å². The Balaban J connectivity index is 1.63. The van der Waals surface area contributed by atoms with Crippen molar-refractivity contribution in [3.63, 3.8) is 0 Å². The molecule has 2 N–H and O–H groups in total. The maximum atomic E-state index is 12.7. The van der Waals surface area contributed by atoms with E-state index in [1.54, 1.807) is 24.3 Å². The van der Waals surface area contributed by atoms with Crippen LogP contribution < -0.4 is 10.6 Å². The Morgan fingerprint density at radius 2 is 1.59 bits per heavy atom. The first-order chi connectivity index (χ1) is 15.2. The molecule has 166 valence electrons. The maximum absolute atomic E-state index is 12.7. The van der Waals surface area contributed by atoms with Crippen LogP contribution in [-0.4, -0.2) is 43.9 Å². The molecule has 3 rings (SSSR count). The van der Waals surface area contributed by atoms with Crippen LogP contribution in [0.25, 0.3) is 0 Å². The Hall–Kier alpha value is -3.76. The zero-order chi connectivity index (χ0) is 23.3. The van der Waals surface area contributed by atoms with Gasteiger partial charge in [-0.3, -0.25) is 14.4 Å². The second-order valence-corrected chi connectivity index (χ2v) is 8.95. The third-order valence-corrected chi connectivity index (χ3v) is 6.30. The summed E-state index contributed by atoms with van der Waals surface area (Å²) in [6.07, 6.45) is 1.38. The molecule has 0 aliphatic rings. The minimum absolute atomic E-state index is 0.0274. The number of benzene rings is 2. The topological polar surface area (TPSA) is 126 Å². The third-order valence-electron chi connectivity index (χ3n) is 4.48. The van der Waals surface area contributed by atoms with Gasteiger partial charge in [0.1, 0.15) is 0 Å². The van der Waals surface area contributed by atoms with Crippen LogP contribution in [0.2, 0.25) is 0 Å². The molecule has 3 aromatic rings. The van der Waals surface area contributed by atoms with Gasteiger partial charge in [0, 0.05) is 24.0 Å². The molecule has 0 saturated heterocycles. The summed E-state index contributed by atoms with van der Waals surface area (Å²) in [5.41, 5.74) is 1.20. The minimum Gasteiger partial charge on any atom is -0.459 e. The highest BCUT2D eigenvalue weighted by Gasteiger charge is 2.23. The number of Topliss-reactive ketones (excluding diaryl/α,β-unsaturated/α-hetero) is 1. The number of carbonyl (C=O) groups is 3. The minimum atomic E-state index is -3.92. The fraction of sp³-hybridized carbons (Fsp3) is 0.136. The molecule has 2 aromatic carbocycles. The molecule has 0 bridgehead atoms. The number of sulfonamides is 1. The zero-order valence-corrected chi connectivity index (χ0v) is 18.2. The Kier molecular flexibility index (Phi) is 6.86. The van der Waals surface area contributed by atoms with E-state index in [9.17, 15) is 22.8 Å². The summed E-state index contributed by atoms with van der Waals surface area (Å²) in [6, 6.07) is 15.0. The predicted molar refractivity (Wildman–Crippen MR) is 118 cm³/mol. The van der Waals surface area contributed by atoms with Crippen molar-refractivity contribution in [2.45, 2.75) is 11.8 Å². The van der Waals surface area contributed by atoms with Crippen molar-refractivity contribution >= 4 is 39.0 Å². The van der Waals surface area contributed by atoms with E-state index in [1.807, 2.05) is 0 Å². The first kappa shape index (κ1) is 22.9. The number of nitrogens with one attached hydrogen (secondary N) is 2. The van der Waals surface area contributed by atoms with Crippen molar-refractivity contribution in [3.05, 3.63) is 78.3 Å². The van der Waals surface area contributed by atoms with Gasteiger partial charge in [-0.05, 0) is 49.4 Å². The number of ketones is 1. The zero-order valence-electron chi connectivity index (χ0n) is 17.4. The highest BCUT2D eigenvalue weighted by molar-refractivity contribution is 7.89. The molecule has 0 unspecified atom stereocenters. The molecule has 0 aliphatic carbocycles. The lowest BCUT2D eigenvalue weighted by Gasteiger charge is -2.17. The molecule has 1 heterocycles. The van der Waals surface area contributed by atoms with E-state index in [0.29, 0.717) is 16.9 Å². The Morgan fingerprint density at radius 1 is 0.938 bits per heavy atom. The van der Waals surface area contributed by atoms with Gasteiger partial charge in [-0.25, -0.2) is 8.42 Å². The summed E-state index contributed by atoms with van der Waals surface area (Å²) in [5.74, 6) is -1.04. The van der Waals surface area contributed by atoms with Gasteiger partial charge >= 0.3 is 0 Å². The van der Waals surface area contributed by atoms with Crippen LogP contribution in [0.4, 0.5) is 11.4 Å². The SMILES string of the molecule is CC(=O)c1ccc(S(=O)(=O)N(C)CC(=O)Nc2cccc(NC(=O)c3ccco3)c2)cc1. The number of likely N-dealkylation sites (N-methyl/N-ethyl adjacent to an activating group) is 1. The fourth-order valence-corrected chi connectivity index (χ4v) is 3.93. The molecule has 0 spiro atoms. The van der Waals surface area contributed by atoms with E-state index in [4.69, 9.17) is 4.42 Å². The smallest absolute Gasteiger partial charge is 0.291 e. The van der Waals surface area contributed by atoms with Crippen molar-refractivity contribution in [1.29, 1.82) is 0 Å². The third kappa shape index (κ3) is 5.48. The number of anilines is 2. The Morgan fingerprint density at radius 3 is 2.19 bits per heavy atom. The second kappa shape index (κ2) is 9.58. The van der Waals surface area contributed by atoms with E-state index >= 15 is 0 Å². The van der Waals surface area contributed by atoms with E-state index in [0.717, 1.165) is 4.31 Å². The first-order valence-corrected chi connectivity index (χ1v) is 10.9. The number of hydrogen-bond donors (Lipinski definition) is 2. The summed E-state index contributed by atoms with van der Waals surface area (Å²) >= 11 is 0. The predicted octanol–water partition coefficient (Wildman–Crippen LogP) is 2.99. The van der Waals surface area contributed by atoms with E-state index in [1.165, 1.54) is 56.6 Å². The van der Waals surface area contributed by atoms with Crippen LogP contribution in [0.15, 0.2) is 76.2 Å². The summed E-state index contributed by atoms with van der Waals surface area (Å²) in [4.78, 5) is 35.8. The van der Waals surface area contributed by atoms with Crippen LogP contribution >= 0.6 is 0 Å². The number of amides is 2. The number of hydrogen-bond acceptors (Lipinski definition) is 6. The molecule has 32 heavy (non-hydrogen) atoms. The van der Waals surface area contributed by atoms with Crippen molar-refractivity contribution in [3.8, 4) is 0 Å². The summed E-state index contributed by atoms with van der Waals surface area (Å²) in [5, 5.41) is 5.25. The first-order valence-electron chi connectivity index (χ1n) is 9.49. The fourth-order valence-electron chi connectivity index (χ4n) is 2.80. The van der Waals surface area contributed by atoms with Crippen molar-refractivity contribution in [2.24, 2.45) is 0 Å². The van der Waals surface area contributed by atoms with E-state index < -0.39 is 28.4 Å². The number of nitrogens with zero attached hydrogens (tertiary/aromatic N) is 1. The van der Waals surface area contributed by atoms with Gasteiger partial charge < -0.3 is 15.1 Å². The Labute approximate surface area is 185 Å². The van der Waals surface area contributed by atoms with Gasteiger partial charge in [0.25, 0.3) is 5.91 Å². The maximum Gasteiger partial charge on any atom is 0.291 e. The molecule has 1 aromatic heterocycles. The molecule has 0 fully saturated rings. The van der Waals surface area contributed by atoms with Crippen molar-refractivity contribution in [1.82, 2.24) is 4.31 Å². The van der Waals surface area contributed by atoms with Gasteiger partial charge in [-0.1, -0.05) is 18.2 Å². The average Bonchev–Trinajstić information content (AvgIpc) is 3.29. The van der Waals surface area contributed by atoms with Crippen LogP contribution in [0.1, 0.15) is 27.8 Å². The number of furan rings is 1. The van der Waals surface area contributed by atoms with Crippen molar-refractivity contribution in [2.75, 3.05) is 24.2 Å². The monoisotopic (exact) mass is 455 g/mol.